The molecule has 0 unspecified atom stereocenters. The maximum absolute atomic E-state index is 10.4. The van der Waals surface area contributed by atoms with Gasteiger partial charge in [-0.3, -0.25) is 5.32 Å². The lowest BCUT2D eigenvalue weighted by Crippen LogP contribution is -2.33. The molecule has 5 heteroatoms. The Kier molecular flexibility index (Phi) is 3.31. The minimum Gasteiger partial charge on any atom is -0.465 e. The highest BCUT2D eigenvalue weighted by atomic mass is 16.5. The van der Waals surface area contributed by atoms with Gasteiger partial charge in [0.2, 0.25) is 0 Å². The molecule has 0 aliphatic carbocycles. The summed E-state index contributed by atoms with van der Waals surface area (Å²) >= 11 is 0. The second-order valence-electron chi connectivity index (χ2n) is 4.15. The predicted molar refractivity (Wildman–Crippen MR) is 62.0 cm³/mol. The number of hydrogen-bond donors (Lipinski definition) is 3. The lowest BCUT2D eigenvalue weighted by atomic mass is 9.86. The first-order valence-electron chi connectivity index (χ1n) is 5.51. The Morgan fingerprint density at radius 1 is 1.24 bits per heavy atom. The summed E-state index contributed by atoms with van der Waals surface area (Å²) in [5.74, 6) is 0. The van der Waals surface area contributed by atoms with E-state index in [9.17, 15) is 9.90 Å². The molecule has 1 saturated heterocycles. The van der Waals surface area contributed by atoms with Crippen molar-refractivity contribution in [3.8, 4) is 0 Å². The number of carboxylic acid groups (broad SMARTS) is 1. The van der Waals surface area contributed by atoms with Gasteiger partial charge in [0.15, 0.2) is 0 Å². The van der Waals surface area contributed by atoms with Crippen LogP contribution in [-0.2, 0) is 10.3 Å². The van der Waals surface area contributed by atoms with Gasteiger partial charge in [-0.15, -0.1) is 0 Å². The van der Waals surface area contributed by atoms with Crippen molar-refractivity contribution in [1.82, 2.24) is 0 Å². The molecule has 1 fully saturated rings. The predicted octanol–water partition coefficient (Wildman–Crippen LogP) is 1.77. The van der Waals surface area contributed by atoms with E-state index in [-0.39, 0.29) is 0 Å². The molecule has 5 nitrogen and oxygen atoms in total. The third kappa shape index (κ3) is 2.75. The Labute approximate surface area is 99.0 Å². The average molecular weight is 237 g/mol. The van der Waals surface area contributed by atoms with E-state index in [1.54, 1.807) is 24.3 Å². The summed E-state index contributed by atoms with van der Waals surface area (Å²) in [5, 5.41) is 21.2. The molecule has 17 heavy (non-hydrogen) atoms. The minimum atomic E-state index is -1.09. The van der Waals surface area contributed by atoms with Crippen LogP contribution in [0, 0.1) is 0 Å². The molecular weight excluding hydrogens is 222 g/mol. The first-order chi connectivity index (χ1) is 8.10. The van der Waals surface area contributed by atoms with Crippen molar-refractivity contribution in [3.63, 3.8) is 0 Å². The second kappa shape index (κ2) is 4.73. The lowest BCUT2D eigenvalue weighted by Gasteiger charge is -2.32. The van der Waals surface area contributed by atoms with Crippen molar-refractivity contribution in [1.29, 1.82) is 0 Å². The number of carbonyl (C=O) groups is 1. The monoisotopic (exact) mass is 237 g/mol. The van der Waals surface area contributed by atoms with Gasteiger partial charge < -0.3 is 14.9 Å². The van der Waals surface area contributed by atoms with Gasteiger partial charge in [0.25, 0.3) is 0 Å². The number of rotatable bonds is 2. The molecule has 0 bridgehead atoms. The fraction of sp³-hybridized carbons (Fsp3) is 0.417. The maximum Gasteiger partial charge on any atom is 0.409 e. The molecule has 92 valence electrons. The number of hydrogen-bond acceptors (Lipinski definition) is 3. The van der Waals surface area contributed by atoms with Crippen molar-refractivity contribution in [2.45, 2.75) is 18.4 Å². The fourth-order valence-corrected chi connectivity index (χ4v) is 1.99. The molecule has 0 radical (unpaired) electrons. The zero-order valence-corrected chi connectivity index (χ0v) is 9.35. The molecule has 0 atom stereocenters. The van der Waals surface area contributed by atoms with Crippen LogP contribution in [0.15, 0.2) is 24.3 Å². The summed E-state index contributed by atoms with van der Waals surface area (Å²) in [7, 11) is 0. The number of aliphatic hydroxyl groups is 1. The van der Waals surface area contributed by atoms with Gasteiger partial charge in [-0.1, -0.05) is 12.1 Å². The van der Waals surface area contributed by atoms with E-state index in [1.807, 2.05) is 0 Å². The summed E-state index contributed by atoms with van der Waals surface area (Å²) in [5.41, 5.74) is 0.452. The topological polar surface area (TPSA) is 78.8 Å². The number of nitrogens with one attached hydrogen (secondary N) is 1. The third-order valence-corrected chi connectivity index (χ3v) is 2.99. The normalized spacial score (nSPS) is 18.6. The number of anilines is 1. The summed E-state index contributed by atoms with van der Waals surface area (Å²) in [6.45, 7) is 1.09. The van der Waals surface area contributed by atoms with Gasteiger partial charge in [0, 0.05) is 31.7 Å². The van der Waals surface area contributed by atoms with Crippen LogP contribution in [0.3, 0.4) is 0 Å². The SMILES string of the molecule is O=C(O)Nc1ccc(C2(O)CCOCC2)cc1. The molecular formula is C12H15NO4. The Bertz CT molecular complexity index is 395. The first kappa shape index (κ1) is 11.9. The molecule has 1 aliphatic heterocycles. The van der Waals surface area contributed by atoms with Crippen LogP contribution >= 0.6 is 0 Å². The number of benzene rings is 1. The zero-order chi connectivity index (χ0) is 12.3. The quantitative estimate of drug-likeness (QED) is 0.732. The van der Waals surface area contributed by atoms with Crippen molar-refractivity contribution in [3.05, 3.63) is 29.8 Å². The molecule has 1 aromatic carbocycles. The van der Waals surface area contributed by atoms with Crippen LogP contribution in [0.5, 0.6) is 0 Å². The van der Waals surface area contributed by atoms with Crippen LogP contribution in [-0.4, -0.2) is 29.5 Å². The highest BCUT2D eigenvalue weighted by Crippen LogP contribution is 2.32. The van der Waals surface area contributed by atoms with Crippen LogP contribution in [0.1, 0.15) is 18.4 Å². The zero-order valence-electron chi connectivity index (χ0n) is 9.35. The minimum absolute atomic E-state index is 0.497. The maximum atomic E-state index is 10.4. The molecule has 0 aromatic heterocycles. The summed E-state index contributed by atoms with van der Waals surface area (Å²) < 4.78 is 5.21. The van der Waals surface area contributed by atoms with E-state index in [0.717, 1.165) is 5.56 Å². The molecule has 3 N–H and O–H groups in total. The molecule has 0 saturated carbocycles. The number of amides is 1. The van der Waals surface area contributed by atoms with Gasteiger partial charge in [-0.05, 0) is 17.7 Å². The molecule has 1 aromatic rings. The van der Waals surface area contributed by atoms with E-state index in [1.165, 1.54) is 0 Å². The van der Waals surface area contributed by atoms with Crippen molar-refractivity contribution in [2.24, 2.45) is 0 Å². The Hall–Kier alpha value is -1.59. The average Bonchev–Trinajstić information content (AvgIpc) is 2.30. The van der Waals surface area contributed by atoms with E-state index in [2.05, 4.69) is 5.32 Å². The molecule has 1 aliphatic rings. The van der Waals surface area contributed by atoms with E-state index in [4.69, 9.17) is 9.84 Å². The van der Waals surface area contributed by atoms with Gasteiger partial charge in [0.1, 0.15) is 0 Å². The largest absolute Gasteiger partial charge is 0.465 e. The third-order valence-electron chi connectivity index (χ3n) is 2.99. The van der Waals surface area contributed by atoms with Gasteiger partial charge in [-0.25, -0.2) is 4.79 Å². The fourth-order valence-electron chi connectivity index (χ4n) is 1.99. The van der Waals surface area contributed by atoms with E-state index < -0.39 is 11.7 Å². The van der Waals surface area contributed by atoms with Crippen molar-refractivity contribution in [2.75, 3.05) is 18.5 Å². The van der Waals surface area contributed by atoms with E-state index in [0.29, 0.717) is 31.7 Å². The Balaban J connectivity index is 2.13. The molecule has 0 spiro atoms. The van der Waals surface area contributed by atoms with Gasteiger partial charge >= 0.3 is 6.09 Å². The first-order valence-corrected chi connectivity index (χ1v) is 5.51. The molecule has 1 amide bonds. The van der Waals surface area contributed by atoms with Crippen LogP contribution in [0.4, 0.5) is 10.5 Å². The summed E-state index contributed by atoms with van der Waals surface area (Å²) in [6.07, 6.45) is 0.0414. The smallest absolute Gasteiger partial charge is 0.409 e. The highest BCUT2D eigenvalue weighted by molar-refractivity contribution is 5.82. The van der Waals surface area contributed by atoms with Gasteiger partial charge in [0.05, 0.1) is 5.60 Å². The standard InChI is InChI=1S/C12H15NO4/c14-11(15)13-10-3-1-9(2-4-10)12(16)5-7-17-8-6-12/h1-4,13,16H,5-8H2,(H,14,15). The Morgan fingerprint density at radius 2 is 1.82 bits per heavy atom. The number of ether oxygens (including phenoxy) is 1. The highest BCUT2D eigenvalue weighted by Gasteiger charge is 2.31. The van der Waals surface area contributed by atoms with Crippen molar-refractivity contribution < 1.29 is 19.7 Å². The van der Waals surface area contributed by atoms with Crippen LogP contribution < -0.4 is 5.32 Å². The Morgan fingerprint density at radius 3 is 2.35 bits per heavy atom. The van der Waals surface area contributed by atoms with Crippen molar-refractivity contribution >= 4 is 11.8 Å². The molecule has 1 heterocycles. The second-order valence-corrected chi connectivity index (χ2v) is 4.15. The van der Waals surface area contributed by atoms with Crippen LogP contribution in [0.25, 0.3) is 0 Å². The van der Waals surface area contributed by atoms with E-state index >= 15 is 0 Å². The summed E-state index contributed by atoms with van der Waals surface area (Å²) in [4.78, 5) is 10.4. The van der Waals surface area contributed by atoms with Gasteiger partial charge in [-0.2, -0.15) is 0 Å². The lowest BCUT2D eigenvalue weighted by molar-refractivity contribution is -0.0679. The van der Waals surface area contributed by atoms with Crippen LogP contribution in [0.2, 0.25) is 0 Å². The molecule has 2 rings (SSSR count). The summed E-state index contributed by atoms with van der Waals surface area (Å²) in [6, 6.07) is 6.79.